The van der Waals surface area contributed by atoms with Gasteiger partial charge in [-0.2, -0.15) is 0 Å². The molecule has 0 fully saturated rings. The molecular weight excluding hydrogens is 324 g/mol. The van der Waals surface area contributed by atoms with Crippen LogP contribution in [0.25, 0.3) is 21.8 Å². The number of carbonyl (C=O) groups excluding carboxylic acids is 1. The van der Waals surface area contributed by atoms with Crippen LogP contribution in [0.3, 0.4) is 0 Å². The van der Waals surface area contributed by atoms with Gasteiger partial charge in [0.05, 0.1) is 18.3 Å². The normalized spacial score (nSPS) is 11.2. The standard InChI is InChI=1S/C22H20N2O2/c1-14-19-16-10-6-7-11-17(16)23-21(19)18(24-20(14)22(25)26-2)13-12-15-8-4-3-5-9-15/h3-11,23H,12-13H2,1-2H3. The van der Waals surface area contributed by atoms with Crippen LogP contribution in [0.1, 0.15) is 27.3 Å². The number of benzene rings is 2. The number of pyridine rings is 1. The van der Waals surface area contributed by atoms with Crippen LogP contribution >= 0.6 is 0 Å². The minimum atomic E-state index is -0.393. The molecule has 0 aliphatic heterocycles. The summed E-state index contributed by atoms with van der Waals surface area (Å²) < 4.78 is 4.96. The third kappa shape index (κ3) is 2.73. The first kappa shape index (κ1) is 16.3. The average Bonchev–Trinajstić information content (AvgIpc) is 3.08. The zero-order chi connectivity index (χ0) is 18.1. The predicted octanol–water partition coefficient (Wildman–Crippen LogP) is 4.60. The van der Waals surface area contributed by atoms with Crippen molar-refractivity contribution < 1.29 is 9.53 Å². The molecule has 0 spiro atoms. The van der Waals surface area contributed by atoms with Gasteiger partial charge in [-0.3, -0.25) is 0 Å². The number of H-pyrrole nitrogens is 1. The van der Waals surface area contributed by atoms with Crippen molar-refractivity contribution in [3.8, 4) is 0 Å². The fourth-order valence-electron chi connectivity index (χ4n) is 3.52. The molecule has 0 aliphatic carbocycles. The maximum atomic E-state index is 12.3. The number of hydrogen-bond acceptors (Lipinski definition) is 3. The maximum absolute atomic E-state index is 12.3. The van der Waals surface area contributed by atoms with E-state index in [0.29, 0.717) is 5.69 Å². The number of esters is 1. The predicted molar refractivity (Wildman–Crippen MR) is 104 cm³/mol. The highest BCUT2D eigenvalue weighted by Gasteiger charge is 2.20. The van der Waals surface area contributed by atoms with Gasteiger partial charge in [-0.25, -0.2) is 9.78 Å². The van der Waals surface area contributed by atoms with Crippen molar-refractivity contribution in [1.82, 2.24) is 9.97 Å². The van der Waals surface area contributed by atoms with E-state index in [4.69, 9.17) is 4.74 Å². The van der Waals surface area contributed by atoms with Crippen molar-refractivity contribution in [3.05, 3.63) is 77.1 Å². The molecule has 2 heterocycles. The molecule has 4 nitrogen and oxygen atoms in total. The first-order valence-electron chi connectivity index (χ1n) is 8.71. The van der Waals surface area contributed by atoms with Crippen LogP contribution in [0.15, 0.2) is 54.6 Å². The van der Waals surface area contributed by atoms with Crippen molar-refractivity contribution in [3.63, 3.8) is 0 Å². The molecule has 2 aromatic carbocycles. The van der Waals surface area contributed by atoms with E-state index >= 15 is 0 Å². The number of aryl methyl sites for hydroxylation is 3. The minimum absolute atomic E-state index is 0.393. The van der Waals surface area contributed by atoms with Crippen LogP contribution in [0.5, 0.6) is 0 Å². The van der Waals surface area contributed by atoms with Crippen molar-refractivity contribution in [2.24, 2.45) is 0 Å². The van der Waals surface area contributed by atoms with Crippen molar-refractivity contribution in [2.45, 2.75) is 19.8 Å². The number of aromatic amines is 1. The molecule has 4 rings (SSSR count). The van der Waals surface area contributed by atoms with Crippen LogP contribution < -0.4 is 0 Å². The van der Waals surface area contributed by atoms with E-state index in [9.17, 15) is 4.79 Å². The van der Waals surface area contributed by atoms with Crippen LogP contribution in [-0.2, 0) is 17.6 Å². The van der Waals surface area contributed by atoms with E-state index in [2.05, 4.69) is 28.2 Å². The number of para-hydroxylation sites is 1. The smallest absolute Gasteiger partial charge is 0.356 e. The third-order valence-corrected chi connectivity index (χ3v) is 4.84. The molecule has 0 unspecified atom stereocenters. The lowest BCUT2D eigenvalue weighted by atomic mass is 10.0. The van der Waals surface area contributed by atoms with Gasteiger partial charge in [0.15, 0.2) is 5.69 Å². The second kappa shape index (κ2) is 6.64. The molecule has 4 heteroatoms. The summed E-state index contributed by atoms with van der Waals surface area (Å²) >= 11 is 0. The van der Waals surface area contributed by atoms with Crippen LogP contribution in [-0.4, -0.2) is 23.0 Å². The fraction of sp³-hybridized carbons (Fsp3) is 0.182. The first-order valence-corrected chi connectivity index (χ1v) is 8.71. The number of ether oxygens (including phenoxy) is 1. The number of nitrogens with zero attached hydrogens (tertiary/aromatic N) is 1. The van der Waals surface area contributed by atoms with E-state index in [1.807, 2.05) is 43.3 Å². The number of hydrogen-bond donors (Lipinski definition) is 1. The molecule has 1 N–H and O–H groups in total. The molecule has 130 valence electrons. The van der Waals surface area contributed by atoms with E-state index < -0.39 is 5.97 Å². The second-order valence-corrected chi connectivity index (χ2v) is 6.43. The molecule has 0 saturated carbocycles. The Morgan fingerprint density at radius 3 is 2.54 bits per heavy atom. The minimum Gasteiger partial charge on any atom is -0.464 e. The van der Waals surface area contributed by atoms with Gasteiger partial charge in [0.25, 0.3) is 0 Å². The van der Waals surface area contributed by atoms with Gasteiger partial charge in [-0.1, -0.05) is 48.5 Å². The summed E-state index contributed by atoms with van der Waals surface area (Å²) in [5.74, 6) is -0.393. The highest BCUT2D eigenvalue weighted by molar-refractivity contribution is 6.11. The fourth-order valence-corrected chi connectivity index (χ4v) is 3.52. The van der Waals surface area contributed by atoms with Gasteiger partial charge in [-0.05, 0) is 37.0 Å². The first-order chi connectivity index (χ1) is 12.7. The van der Waals surface area contributed by atoms with Crippen LogP contribution in [0.2, 0.25) is 0 Å². The van der Waals surface area contributed by atoms with E-state index in [1.165, 1.54) is 12.7 Å². The van der Waals surface area contributed by atoms with E-state index in [0.717, 1.165) is 45.9 Å². The summed E-state index contributed by atoms with van der Waals surface area (Å²) in [5, 5.41) is 2.16. The molecule has 0 radical (unpaired) electrons. The Morgan fingerprint density at radius 2 is 1.77 bits per heavy atom. The number of carbonyl (C=O) groups is 1. The highest BCUT2D eigenvalue weighted by Crippen LogP contribution is 2.31. The number of aromatic nitrogens is 2. The van der Waals surface area contributed by atoms with Crippen molar-refractivity contribution in [2.75, 3.05) is 7.11 Å². The van der Waals surface area contributed by atoms with E-state index in [-0.39, 0.29) is 0 Å². The molecule has 26 heavy (non-hydrogen) atoms. The van der Waals surface area contributed by atoms with Gasteiger partial charge in [-0.15, -0.1) is 0 Å². The lowest BCUT2D eigenvalue weighted by Gasteiger charge is -2.10. The largest absolute Gasteiger partial charge is 0.464 e. The Morgan fingerprint density at radius 1 is 1.04 bits per heavy atom. The Kier molecular flexibility index (Phi) is 4.17. The molecule has 4 aromatic rings. The summed E-state index contributed by atoms with van der Waals surface area (Å²) in [6, 6.07) is 18.4. The van der Waals surface area contributed by atoms with Crippen LogP contribution in [0.4, 0.5) is 0 Å². The van der Waals surface area contributed by atoms with Gasteiger partial charge in [0, 0.05) is 16.3 Å². The maximum Gasteiger partial charge on any atom is 0.356 e. The quantitative estimate of drug-likeness (QED) is 0.551. The SMILES string of the molecule is COC(=O)c1nc(CCc2ccccc2)c2[nH]c3ccccc3c2c1C. The lowest BCUT2D eigenvalue weighted by Crippen LogP contribution is -2.10. The number of rotatable bonds is 4. The molecule has 0 saturated heterocycles. The zero-order valence-electron chi connectivity index (χ0n) is 14.9. The molecule has 0 amide bonds. The Balaban J connectivity index is 1.90. The topological polar surface area (TPSA) is 55.0 Å². The number of fused-ring (bicyclic) bond motifs is 3. The second-order valence-electron chi connectivity index (χ2n) is 6.43. The summed E-state index contributed by atoms with van der Waals surface area (Å²) in [7, 11) is 1.40. The van der Waals surface area contributed by atoms with Gasteiger partial charge < -0.3 is 9.72 Å². The summed E-state index contributed by atoms with van der Waals surface area (Å²) in [6.45, 7) is 1.93. The Hall–Kier alpha value is -3.14. The van der Waals surface area contributed by atoms with Crippen LogP contribution in [0, 0.1) is 6.92 Å². The number of nitrogens with one attached hydrogen (secondary N) is 1. The van der Waals surface area contributed by atoms with Gasteiger partial charge in [0.2, 0.25) is 0 Å². The zero-order valence-corrected chi connectivity index (χ0v) is 14.9. The monoisotopic (exact) mass is 344 g/mol. The van der Waals surface area contributed by atoms with E-state index in [1.54, 1.807) is 0 Å². The lowest BCUT2D eigenvalue weighted by molar-refractivity contribution is 0.0593. The molecule has 0 bridgehead atoms. The summed E-state index contributed by atoms with van der Waals surface area (Å²) in [6.07, 6.45) is 1.61. The molecular formula is C22H20N2O2. The Labute approximate surface area is 151 Å². The summed E-state index contributed by atoms with van der Waals surface area (Å²) in [5.41, 5.74) is 5.45. The number of methoxy groups -OCH3 is 1. The summed E-state index contributed by atoms with van der Waals surface area (Å²) in [4.78, 5) is 20.4. The van der Waals surface area contributed by atoms with Crippen molar-refractivity contribution in [1.29, 1.82) is 0 Å². The molecule has 2 aromatic heterocycles. The van der Waals surface area contributed by atoms with Gasteiger partial charge in [0.1, 0.15) is 0 Å². The highest BCUT2D eigenvalue weighted by atomic mass is 16.5. The van der Waals surface area contributed by atoms with Gasteiger partial charge >= 0.3 is 5.97 Å². The molecule has 0 atom stereocenters. The molecule has 0 aliphatic rings. The Bertz CT molecular complexity index is 1100. The average molecular weight is 344 g/mol. The third-order valence-electron chi connectivity index (χ3n) is 4.84. The van der Waals surface area contributed by atoms with Crippen molar-refractivity contribution >= 4 is 27.8 Å².